The number of carboxylic acids is 1. The Labute approximate surface area is 124 Å². The van der Waals surface area contributed by atoms with E-state index in [1.165, 1.54) is 19.3 Å². The Morgan fingerprint density at radius 1 is 1.10 bits per heavy atom. The second-order valence-corrected chi connectivity index (χ2v) is 5.78. The van der Waals surface area contributed by atoms with Crippen LogP contribution in [0.15, 0.2) is 0 Å². The molecular weight excluding hydrogens is 252 g/mol. The molecule has 0 aromatic rings. The first kappa shape index (κ1) is 19.4. The summed E-state index contributed by atoms with van der Waals surface area (Å²) in [5.74, 6) is -0.706. The van der Waals surface area contributed by atoms with Crippen LogP contribution in [-0.2, 0) is 4.79 Å². The number of hydrogen-bond donors (Lipinski definition) is 2. The van der Waals surface area contributed by atoms with E-state index in [0.29, 0.717) is 12.8 Å². The van der Waals surface area contributed by atoms with E-state index in [4.69, 9.17) is 0 Å². The maximum Gasteiger partial charge on any atom is 0.323 e. The second kappa shape index (κ2) is 11.1. The van der Waals surface area contributed by atoms with Crippen LogP contribution in [0, 0.1) is 0 Å². The van der Waals surface area contributed by atoms with Crippen molar-refractivity contribution >= 4 is 5.97 Å². The average Bonchev–Trinajstić information content (AvgIpc) is 2.42. The zero-order valence-electron chi connectivity index (χ0n) is 13.9. The fraction of sp³-hybridized carbons (Fsp3) is 0.938. The van der Waals surface area contributed by atoms with Gasteiger partial charge in [0.2, 0.25) is 0 Å². The number of nitrogens with zero attached hydrogens (tertiary/aromatic N) is 1. The van der Waals surface area contributed by atoms with Crippen LogP contribution in [0.25, 0.3) is 0 Å². The van der Waals surface area contributed by atoms with E-state index in [9.17, 15) is 9.90 Å². The van der Waals surface area contributed by atoms with Crippen molar-refractivity contribution in [1.82, 2.24) is 10.2 Å². The lowest BCUT2D eigenvalue weighted by Gasteiger charge is -2.30. The number of aliphatic carboxylic acids is 1. The molecule has 4 heteroatoms. The van der Waals surface area contributed by atoms with Crippen molar-refractivity contribution in [1.29, 1.82) is 0 Å². The summed E-state index contributed by atoms with van der Waals surface area (Å²) in [7, 11) is 2.13. The molecule has 4 nitrogen and oxygen atoms in total. The van der Waals surface area contributed by atoms with Crippen LogP contribution in [0.1, 0.15) is 65.7 Å². The Morgan fingerprint density at radius 2 is 1.75 bits per heavy atom. The van der Waals surface area contributed by atoms with Crippen LogP contribution >= 0.6 is 0 Å². The molecule has 1 unspecified atom stereocenters. The highest BCUT2D eigenvalue weighted by atomic mass is 16.4. The Hall–Kier alpha value is -0.610. The van der Waals surface area contributed by atoms with Gasteiger partial charge < -0.3 is 15.3 Å². The fourth-order valence-electron chi connectivity index (χ4n) is 2.48. The van der Waals surface area contributed by atoms with Crippen LogP contribution in [0.5, 0.6) is 0 Å². The summed E-state index contributed by atoms with van der Waals surface area (Å²) in [6.07, 6.45) is 6.99. The molecule has 0 heterocycles. The normalized spacial score (nSPS) is 14.4. The van der Waals surface area contributed by atoms with E-state index in [1.54, 1.807) is 0 Å². The van der Waals surface area contributed by atoms with E-state index in [0.717, 1.165) is 32.5 Å². The maximum atomic E-state index is 11.6. The molecule has 0 aliphatic heterocycles. The first-order valence-electron chi connectivity index (χ1n) is 8.19. The number of unbranched alkanes of at least 4 members (excludes halogenated alkanes) is 2. The maximum absolute atomic E-state index is 11.6. The minimum Gasteiger partial charge on any atom is -0.480 e. The molecule has 0 aliphatic carbocycles. The molecule has 0 bridgehead atoms. The van der Waals surface area contributed by atoms with Crippen LogP contribution in [0.3, 0.4) is 0 Å². The Bertz CT molecular complexity index is 259. The van der Waals surface area contributed by atoms with Gasteiger partial charge in [-0.3, -0.25) is 4.79 Å². The molecule has 0 rings (SSSR count). The van der Waals surface area contributed by atoms with Gasteiger partial charge >= 0.3 is 5.97 Å². The molecule has 120 valence electrons. The topological polar surface area (TPSA) is 52.6 Å². The van der Waals surface area contributed by atoms with Crippen LogP contribution in [-0.4, -0.2) is 48.2 Å². The number of rotatable bonds is 13. The van der Waals surface area contributed by atoms with E-state index in [2.05, 4.69) is 31.1 Å². The van der Waals surface area contributed by atoms with Crippen molar-refractivity contribution in [2.45, 2.75) is 71.3 Å². The Balaban J connectivity index is 4.16. The quantitative estimate of drug-likeness (QED) is 0.511. The van der Waals surface area contributed by atoms with Crippen molar-refractivity contribution in [3.8, 4) is 0 Å². The van der Waals surface area contributed by atoms with Crippen LogP contribution in [0.2, 0.25) is 0 Å². The number of hydrogen-bond acceptors (Lipinski definition) is 3. The lowest BCUT2D eigenvalue weighted by atomic mass is 9.90. The van der Waals surface area contributed by atoms with Gasteiger partial charge in [-0.1, -0.05) is 33.6 Å². The van der Waals surface area contributed by atoms with Crippen molar-refractivity contribution in [3.63, 3.8) is 0 Å². The van der Waals surface area contributed by atoms with E-state index < -0.39 is 11.5 Å². The molecule has 20 heavy (non-hydrogen) atoms. The summed E-state index contributed by atoms with van der Waals surface area (Å²) in [6, 6.07) is 0. The first-order valence-corrected chi connectivity index (χ1v) is 8.19. The van der Waals surface area contributed by atoms with Gasteiger partial charge in [-0.05, 0) is 58.8 Å². The summed E-state index contributed by atoms with van der Waals surface area (Å²) in [6.45, 7) is 9.10. The number of nitrogens with one attached hydrogen (secondary N) is 1. The average molecular weight is 286 g/mol. The van der Waals surface area contributed by atoms with Crippen LogP contribution < -0.4 is 5.32 Å². The zero-order chi connectivity index (χ0) is 15.4. The molecule has 1 atom stereocenters. The predicted molar refractivity (Wildman–Crippen MR) is 85.2 cm³/mol. The van der Waals surface area contributed by atoms with Crippen molar-refractivity contribution < 1.29 is 9.90 Å². The second-order valence-electron chi connectivity index (χ2n) is 5.78. The molecule has 0 spiro atoms. The standard InChI is InChI=1S/C16H34N2O2/c1-5-8-9-13-18(4)14-10-11-16(7-3,15(19)20)17-12-6-2/h17H,5-14H2,1-4H3,(H,19,20). The molecule has 0 saturated carbocycles. The van der Waals surface area contributed by atoms with Gasteiger partial charge in [0.25, 0.3) is 0 Å². The van der Waals surface area contributed by atoms with Gasteiger partial charge in [0.15, 0.2) is 0 Å². The summed E-state index contributed by atoms with van der Waals surface area (Å²) in [5, 5.41) is 12.8. The Kier molecular flexibility index (Phi) is 10.8. The summed E-state index contributed by atoms with van der Waals surface area (Å²) < 4.78 is 0. The first-order chi connectivity index (χ1) is 9.52. The third kappa shape index (κ3) is 7.25. The van der Waals surface area contributed by atoms with Gasteiger partial charge in [0.1, 0.15) is 5.54 Å². The minimum atomic E-state index is -0.736. The minimum absolute atomic E-state index is 0.641. The van der Waals surface area contributed by atoms with E-state index in [1.807, 2.05) is 6.92 Å². The molecule has 0 aliphatic rings. The highest BCUT2D eigenvalue weighted by Gasteiger charge is 2.35. The molecule has 2 N–H and O–H groups in total. The third-order valence-corrected chi connectivity index (χ3v) is 4.01. The monoisotopic (exact) mass is 286 g/mol. The zero-order valence-corrected chi connectivity index (χ0v) is 13.9. The lowest BCUT2D eigenvalue weighted by Crippen LogP contribution is -2.52. The van der Waals surface area contributed by atoms with Crippen molar-refractivity contribution in [2.75, 3.05) is 26.7 Å². The Morgan fingerprint density at radius 3 is 2.25 bits per heavy atom. The third-order valence-electron chi connectivity index (χ3n) is 4.01. The molecule has 0 saturated heterocycles. The highest BCUT2D eigenvalue weighted by molar-refractivity contribution is 5.78. The van der Waals surface area contributed by atoms with E-state index >= 15 is 0 Å². The molecule has 0 fully saturated rings. The predicted octanol–water partition coefficient (Wildman–Crippen LogP) is 3.12. The molecule has 0 amide bonds. The van der Waals surface area contributed by atoms with Crippen molar-refractivity contribution in [3.05, 3.63) is 0 Å². The molecule has 0 radical (unpaired) electrons. The van der Waals surface area contributed by atoms with Gasteiger partial charge in [0.05, 0.1) is 0 Å². The lowest BCUT2D eigenvalue weighted by molar-refractivity contribution is -0.145. The number of carboxylic acid groups (broad SMARTS) is 1. The van der Waals surface area contributed by atoms with E-state index in [-0.39, 0.29) is 0 Å². The summed E-state index contributed by atoms with van der Waals surface area (Å²) >= 11 is 0. The van der Waals surface area contributed by atoms with Crippen LogP contribution in [0.4, 0.5) is 0 Å². The van der Waals surface area contributed by atoms with Gasteiger partial charge in [-0.15, -0.1) is 0 Å². The molecular formula is C16H34N2O2. The van der Waals surface area contributed by atoms with Gasteiger partial charge in [-0.25, -0.2) is 0 Å². The summed E-state index contributed by atoms with van der Waals surface area (Å²) in [5.41, 5.74) is -0.736. The fourth-order valence-corrected chi connectivity index (χ4v) is 2.48. The summed E-state index contributed by atoms with van der Waals surface area (Å²) in [4.78, 5) is 13.9. The SMILES string of the molecule is CCCCCN(C)CCCC(CC)(NCCC)C(=O)O. The molecule has 0 aromatic heterocycles. The van der Waals surface area contributed by atoms with Crippen molar-refractivity contribution in [2.24, 2.45) is 0 Å². The largest absolute Gasteiger partial charge is 0.480 e. The smallest absolute Gasteiger partial charge is 0.323 e. The van der Waals surface area contributed by atoms with Gasteiger partial charge in [-0.2, -0.15) is 0 Å². The molecule has 0 aromatic carbocycles. The number of carbonyl (C=O) groups is 1. The van der Waals surface area contributed by atoms with Gasteiger partial charge in [0, 0.05) is 0 Å². The highest BCUT2D eigenvalue weighted by Crippen LogP contribution is 2.18.